The van der Waals surface area contributed by atoms with Crippen molar-refractivity contribution in [3.05, 3.63) is 53.1 Å². The maximum Gasteiger partial charge on any atom is 0.228 e. The maximum atomic E-state index is 12.0. The topological polar surface area (TPSA) is 64.3 Å². The second kappa shape index (κ2) is 6.99. The molecular formula is C16H17ClN2O2. The molecule has 2 aromatic rings. The molecule has 0 atom stereocenters. The average Bonchev–Trinajstić information content (AvgIpc) is 2.44. The molecule has 2 rings (SSSR count). The van der Waals surface area contributed by atoms with Gasteiger partial charge in [0.2, 0.25) is 5.91 Å². The van der Waals surface area contributed by atoms with E-state index in [0.29, 0.717) is 28.8 Å². The third-order valence-corrected chi connectivity index (χ3v) is 3.15. The summed E-state index contributed by atoms with van der Waals surface area (Å²) >= 11 is 6.10. The normalized spacial score (nSPS) is 10.2. The van der Waals surface area contributed by atoms with Gasteiger partial charge < -0.3 is 15.8 Å². The van der Waals surface area contributed by atoms with E-state index in [1.54, 1.807) is 36.4 Å². The monoisotopic (exact) mass is 304 g/mol. The lowest BCUT2D eigenvalue weighted by molar-refractivity contribution is -0.115. The second-order valence-electron chi connectivity index (χ2n) is 4.54. The highest BCUT2D eigenvalue weighted by Crippen LogP contribution is 2.25. The summed E-state index contributed by atoms with van der Waals surface area (Å²) in [5.74, 6) is 0.516. The maximum absolute atomic E-state index is 12.0. The van der Waals surface area contributed by atoms with Gasteiger partial charge in [-0.3, -0.25) is 4.79 Å². The van der Waals surface area contributed by atoms with Gasteiger partial charge >= 0.3 is 0 Å². The number of hydrogen-bond acceptors (Lipinski definition) is 3. The zero-order valence-corrected chi connectivity index (χ0v) is 12.5. The Balaban J connectivity index is 1.99. The molecule has 0 fully saturated rings. The summed E-state index contributed by atoms with van der Waals surface area (Å²) in [7, 11) is 0. The standard InChI is InChI=1S/C16H17ClN2O2/c1-2-21-15-8-3-11(9-14(15)17)10-16(20)19-13-6-4-12(18)5-7-13/h3-9H,2,10,18H2,1H3,(H,19,20). The smallest absolute Gasteiger partial charge is 0.228 e. The number of nitrogens with two attached hydrogens (primary N) is 1. The van der Waals surface area contributed by atoms with Crippen LogP contribution in [0.4, 0.5) is 11.4 Å². The highest BCUT2D eigenvalue weighted by molar-refractivity contribution is 6.32. The third-order valence-electron chi connectivity index (χ3n) is 2.86. The van der Waals surface area contributed by atoms with E-state index in [1.165, 1.54) is 0 Å². The SMILES string of the molecule is CCOc1ccc(CC(=O)Nc2ccc(N)cc2)cc1Cl. The van der Waals surface area contributed by atoms with Gasteiger partial charge in [-0.1, -0.05) is 17.7 Å². The molecule has 0 aromatic heterocycles. The van der Waals surface area contributed by atoms with E-state index in [2.05, 4.69) is 5.32 Å². The Morgan fingerprint density at radius 2 is 1.95 bits per heavy atom. The molecule has 4 nitrogen and oxygen atoms in total. The summed E-state index contributed by atoms with van der Waals surface area (Å²) in [6.45, 7) is 2.45. The van der Waals surface area contributed by atoms with Crippen molar-refractivity contribution in [2.24, 2.45) is 0 Å². The Hall–Kier alpha value is -2.20. The number of anilines is 2. The van der Waals surface area contributed by atoms with Crippen molar-refractivity contribution in [3.8, 4) is 5.75 Å². The van der Waals surface area contributed by atoms with Crippen LogP contribution < -0.4 is 15.8 Å². The van der Waals surface area contributed by atoms with E-state index >= 15 is 0 Å². The first-order valence-corrected chi connectivity index (χ1v) is 7.03. The van der Waals surface area contributed by atoms with Crippen molar-refractivity contribution < 1.29 is 9.53 Å². The molecule has 0 saturated heterocycles. The predicted octanol–water partition coefficient (Wildman–Crippen LogP) is 3.50. The molecule has 0 aliphatic carbocycles. The largest absolute Gasteiger partial charge is 0.492 e. The quantitative estimate of drug-likeness (QED) is 0.831. The van der Waals surface area contributed by atoms with Crippen molar-refractivity contribution in [1.82, 2.24) is 0 Å². The second-order valence-corrected chi connectivity index (χ2v) is 4.95. The first-order valence-electron chi connectivity index (χ1n) is 6.65. The van der Waals surface area contributed by atoms with Gasteiger partial charge in [-0.05, 0) is 48.9 Å². The van der Waals surface area contributed by atoms with E-state index in [4.69, 9.17) is 22.1 Å². The number of carbonyl (C=O) groups is 1. The number of benzene rings is 2. The first-order chi connectivity index (χ1) is 10.1. The van der Waals surface area contributed by atoms with Gasteiger partial charge in [0.1, 0.15) is 5.75 Å². The molecule has 3 N–H and O–H groups in total. The van der Waals surface area contributed by atoms with Crippen LogP contribution in [0, 0.1) is 0 Å². The van der Waals surface area contributed by atoms with Gasteiger partial charge in [-0.25, -0.2) is 0 Å². The molecule has 0 aliphatic rings. The van der Waals surface area contributed by atoms with Crippen molar-refractivity contribution in [3.63, 3.8) is 0 Å². The van der Waals surface area contributed by atoms with Gasteiger partial charge in [-0.15, -0.1) is 0 Å². The van der Waals surface area contributed by atoms with Crippen molar-refractivity contribution in [2.75, 3.05) is 17.7 Å². The van der Waals surface area contributed by atoms with Crippen LogP contribution in [0.2, 0.25) is 5.02 Å². The van der Waals surface area contributed by atoms with E-state index in [9.17, 15) is 4.79 Å². The minimum Gasteiger partial charge on any atom is -0.492 e. The molecule has 0 bridgehead atoms. The zero-order chi connectivity index (χ0) is 15.2. The molecule has 0 saturated carbocycles. The van der Waals surface area contributed by atoms with Crippen LogP contribution in [0.1, 0.15) is 12.5 Å². The number of ether oxygens (including phenoxy) is 1. The van der Waals surface area contributed by atoms with Gasteiger partial charge in [0.25, 0.3) is 0 Å². The van der Waals surface area contributed by atoms with E-state index < -0.39 is 0 Å². The molecule has 1 amide bonds. The van der Waals surface area contributed by atoms with Crippen molar-refractivity contribution in [2.45, 2.75) is 13.3 Å². The third kappa shape index (κ3) is 4.39. The fraction of sp³-hybridized carbons (Fsp3) is 0.188. The highest BCUT2D eigenvalue weighted by atomic mass is 35.5. The first kappa shape index (κ1) is 15.2. The summed E-state index contributed by atoms with van der Waals surface area (Å²) < 4.78 is 5.36. The van der Waals surface area contributed by atoms with Crippen LogP contribution in [0.25, 0.3) is 0 Å². The summed E-state index contributed by atoms with van der Waals surface area (Å²) in [6.07, 6.45) is 0.247. The minimum absolute atomic E-state index is 0.111. The molecule has 0 radical (unpaired) electrons. The molecule has 2 aromatic carbocycles. The number of hydrogen-bond donors (Lipinski definition) is 2. The van der Waals surface area contributed by atoms with Crippen LogP contribution >= 0.6 is 11.6 Å². The fourth-order valence-corrected chi connectivity index (χ4v) is 2.14. The van der Waals surface area contributed by atoms with E-state index in [1.807, 2.05) is 13.0 Å². The van der Waals surface area contributed by atoms with Crippen LogP contribution in [0.3, 0.4) is 0 Å². The van der Waals surface area contributed by atoms with Crippen molar-refractivity contribution in [1.29, 1.82) is 0 Å². The lowest BCUT2D eigenvalue weighted by Crippen LogP contribution is -2.14. The molecule has 0 aliphatic heterocycles. The summed E-state index contributed by atoms with van der Waals surface area (Å²) in [6, 6.07) is 12.4. The number of rotatable bonds is 5. The lowest BCUT2D eigenvalue weighted by Gasteiger charge is -2.08. The molecule has 0 heterocycles. The number of carbonyl (C=O) groups excluding carboxylic acids is 1. The van der Waals surface area contributed by atoms with Crippen LogP contribution in [-0.2, 0) is 11.2 Å². The summed E-state index contributed by atoms with van der Waals surface area (Å²) in [5, 5.41) is 3.32. The summed E-state index contributed by atoms with van der Waals surface area (Å²) in [4.78, 5) is 12.0. The predicted molar refractivity (Wildman–Crippen MR) is 85.8 cm³/mol. The number of amides is 1. The molecule has 5 heteroatoms. The number of nitrogens with one attached hydrogen (secondary N) is 1. The Bertz CT molecular complexity index is 627. The molecule has 110 valence electrons. The van der Waals surface area contributed by atoms with Gasteiger partial charge in [0, 0.05) is 11.4 Å². The average molecular weight is 305 g/mol. The van der Waals surface area contributed by atoms with Crippen LogP contribution in [0.5, 0.6) is 5.75 Å². The Labute approximate surface area is 128 Å². The zero-order valence-electron chi connectivity index (χ0n) is 11.7. The summed E-state index contributed by atoms with van der Waals surface area (Å²) in [5.41, 5.74) is 7.80. The number of nitrogen functional groups attached to an aromatic ring is 1. The Morgan fingerprint density at radius 3 is 2.57 bits per heavy atom. The Morgan fingerprint density at radius 1 is 1.24 bits per heavy atom. The lowest BCUT2D eigenvalue weighted by atomic mass is 10.1. The molecule has 0 spiro atoms. The van der Waals surface area contributed by atoms with Crippen LogP contribution in [-0.4, -0.2) is 12.5 Å². The fourth-order valence-electron chi connectivity index (χ4n) is 1.88. The van der Waals surface area contributed by atoms with Crippen LogP contribution in [0.15, 0.2) is 42.5 Å². The number of halogens is 1. The minimum atomic E-state index is -0.111. The van der Waals surface area contributed by atoms with E-state index in [0.717, 1.165) is 5.56 Å². The van der Waals surface area contributed by atoms with Gasteiger partial charge in [-0.2, -0.15) is 0 Å². The van der Waals surface area contributed by atoms with Gasteiger partial charge in [0.05, 0.1) is 18.1 Å². The van der Waals surface area contributed by atoms with E-state index in [-0.39, 0.29) is 12.3 Å². The Kier molecular flexibility index (Phi) is 5.06. The molecular weight excluding hydrogens is 288 g/mol. The van der Waals surface area contributed by atoms with Crippen molar-refractivity contribution >= 4 is 28.9 Å². The highest BCUT2D eigenvalue weighted by Gasteiger charge is 2.07. The van der Waals surface area contributed by atoms with Gasteiger partial charge in [0.15, 0.2) is 0 Å². The molecule has 0 unspecified atom stereocenters. The molecule has 21 heavy (non-hydrogen) atoms.